The molecule has 1 unspecified atom stereocenters. The van der Waals surface area contributed by atoms with Crippen LogP contribution in [0.15, 0.2) is 41.3 Å². The summed E-state index contributed by atoms with van der Waals surface area (Å²) < 4.78 is 56.0. The fraction of sp³-hybridized carbons (Fsp3) is 0.417. The highest BCUT2D eigenvalue weighted by Gasteiger charge is 2.31. The number of likely N-dealkylation sites (N-methyl/N-ethyl adjacent to an activating group) is 1. The van der Waals surface area contributed by atoms with Crippen LogP contribution >= 0.6 is 23.7 Å². The molecule has 1 fully saturated rings. The number of aromatic nitrogens is 1. The van der Waals surface area contributed by atoms with Gasteiger partial charge in [-0.3, -0.25) is 9.69 Å². The third kappa shape index (κ3) is 5.86. The lowest BCUT2D eigenvalue weighted by atomic mass is 10.1. The largest absolute Gasteiger partial charge is 0.308 e. The molecule has 36 heavy (non-hydrogen) atoms. The number of carbonyl (C=O) groups excluding carboxylic acids is 1. The van der Waals surface area contributed by atoms with Crippen LogP contribution in [0.25, 0.3) is 10.2 Å². The van der Waals surface area contributed by atoms with Gasteiger partial charge in [-0.2, -0.15) is 4.31 Å². The minimum atomic E-state index is -3.66. The molecule has 12 heteroatoms. The Kier molecular flexibility index (Phi) is 9.05. The lowest BCUT2D eigenvalue weighted by Crippen LogP contribution is -2.41. The Hall–Kier alpha value is -2.18. The monoisotopic (exact) mass is 558 g/mol. The number of sulfonamides is 1. The first-order chi connectivity index (χ1) is 16.6. The van der Waals surface area contributed by atoms with E-state index in [1.54, 1.807) is 0 Å². The summed E-state index contributed by atoms with van der Waals surface area (Å²) in [5.74, 6) is -1.90. The number of hydrogen-bond donors (Lipinski definition) is 0. The highest BCUT2D eigenvalue weighted by atomic mass is 35.5. The number of amides is 1. The number of halogens is 3. The van der Waals surface area contributed by atoms with E-state index in [1.165, 1.54) is 39.5 Å². The number of anilines is 1. The van der Waals surface area contributed by atoms with Crippen LogP contribution in [-0.2, 0) is 10.0 Å². The molecule has 1 saturated heterocycles. The van der Waals surface area contributed by atoms with Gasteiger partial charge >= 0.3 is 0 Å². The summed E-state index contributed by atoms with van der Waals surface area (Å²) in [7, 11) is 0.0574. The van der Waals surface area contributed by atoms with Gasteiger partial charge in [-0.05, 0) is 64.2 Å². The lowest BCUT2D eigenvalue weighted by Gasteiger charge is -2.32. The predicted octanol–water partition coefficient (Wildman–Crippen LogP) is 4.77. The summed E-state index contributed by atoms with van der Waals surface area (Å²) in [4.78, 5) is 21.2. The van der Waals surface area contributed by atoms with Crippen LogP contribution in [0, 0.1) is 11.6 Å². The number of rotatable bonds is 7. The van der Waals surface area contributed by atoms with Crippen LogP contribution in [0.5, 0.6) is 0 Å². The second-order valence-corrected chi connectivity index (χ2v) is 11.9. The molecule has 2 aromatic carbocycles. The third-order valence-corrected chi connectivity index (χ3v) is 9.15. The fourth-order valence-electron chi connectivity index (χ4n) is 4.13. The van der Waals surface area contributed by atoms with Gasteiger partial charge in [0.1, 0.15) is 11.3 Å². The van der Waals surface area contributed by atoms with Crippen molar-refractivity contribution in [1.29, 1.82) is 0 Å². The summed E-state index contributed by atoms with van der Waals surface area (Å²) in [5, 5.41) is 0.246. The molecule has 0 spiro atoms. The van der Waals surface area contributed by atoms with Crippen molar-refractivity contribution in [3.63, 3.8) is 0 Å². The summed E-state index contributed by atoms with van der Waals surface area (Å²) in [5.41, 5.74) is 0.284. The Morgan fingerprint density at radius 1 is 1.14 bits per heavy atom. The summed E-state index contributed by atoms with van der Waals surface area (Å²) in [6.45, 7) is 3.17. The van der Waals surface area contributed by atoms with Crippen molar-refractivity contribution in [2.24, 2.45) is 0 Å². The fourth-order valence-corrected chi connectivity index (χ4v) is 6.86. The van der Waals surface area contributed by atoms with Crippen molar-refractivity contribution in [2.45, 2.75) is 37.1 Å². The zero-order valence-corrected chi connectivity index (χ0v) is 22.7. The van der Waals surface area contributed by atoms with Gasteiger partial charge < -0.3 is 4.90 Å². The van der Waals surface area contributed by atoms with Gasteiger partial charge in [0.05, 0.1) is 9.60 Å². The number of carbonyl (C=O) groups is 1. The minimum Gasteiger partial charge on any atom is -0.308 e. The average Bonchev–Trinajstić information content (AvgIpc) is 3.23. The number of nitrogens with zero attached hydrogens (tertiary/aromatic N) is 4. The highest BCUT2D eigenvalue weighted by Crippen LogP contribution is 2.32. The maximum Gasteiger partial charge on any atom is 0.260 e. The van der Waals surface area contributed by atoms with Gasteiger partial charge in [0.15, 0.2) is 10.9 Å². The molecule has 1 aromatic heterocycles. The number of piperidine rings is 1. The third-order valence-electron chi connectivity index (χ3n) is 6.10. The van der Waals surface area contributed by atoms with Crippen LogP contribution in [0.1, 0.15) is 36.5 Å². The molecule has 1 aliphatic rings. The normalized spacial score (nSPS) is 16.8. The first kappa shape index (κ1) is 28.4. The Morgan fingerprint density at radius 3 is 2.47 bits per heavy atom. The second-order valence-electron chi connectivity index (χ2n) is 8.98. The molecule has 1 amide bonds. The van der Waals surface area contributed by atoms with E-state index in [9.17, 15) is 22.0 Å². The van der Waals surface area contributed by atoms with E-state index in [2.05, 4.69) is 4.98 Å². The van der Waals surface area contributed by atoms with Crippen molar-refractivity contribution in [3.05, 3.63) is 53.6 Å². The number of thiazole rings is 1. The standard InChI is InChI=1S/C24H28F2N4O3S2.ClH/c1-16-6-4-5-11-30(16)35(32,33)19-9-7-17(8-10-19)23(31)29(13-12-28(2)3)24-27-22-20(26)14-18(25)15-21(22)34-24;/h7-10,14-16H,4-6,11-13H2,1-3H3;1H. The molecule has 1 aliphatic heterocycles. The van der Waals surface area contributed by atoms with E-state index in [4.69, 9.17) is 0 Å². The van der Waals surface area contributed by atoms with Crippen molar-refractivity contribution in [3.8, 4) is 0 Å². The Morgan fingerprint density at radius 2 is 1.83 bits per heavy atom. The van der Waals surface area contributed by atoms with Crippen LogP contribution in [0.2, 0.25) is 0 Å². The van der Waals surface area contributed by atoms with E-state index < -0.39 is 27.6 Å². The molecule has 0 N–H and O–H groups in total. The average molecular weight is 559 g/mol. The van der Waals surface area contributed by atoms with Crippen molar-refractivity contribution in [1.82, 2.24) is 14.2 Å². The Balaban J connectivity index is 0.00000361. The molecular formula is C24H29ClF2N4O3S2. The van der Waals surface area contributed by atoms with Gasteiger partial charge in [-0.1, -0.05) is 17.8 Å². The Labute approximate surface area is 220 Å². The van der Waals surface area contributed by atoms with Crippen LogP contribution in [0.4, 0.5) is 13.9 Å². The maximum atomic E-state index is 14.2. The molecule has 1 atom stereocenters. The minimum absolute atomic E-state index is 0. The first-order valence-corrected chi connectivity index (χ1v) is 13.7. The summed E-state index contributed by atoms with van der Waals surface area (Å²) >= 11 is 1.03. The predicted molar refractivity (Wildman–Crippen MR) is 141 cm³/mol. The van der Waals surface area contributed by atoms with Crippen molar-refractivity contribution < 1.29 is 22.0 Å². The van der Waals surface area contributed by atoms with E-state index in [0.717, 1.165) is 36.7 Å². The van der Waals surface area contributed by atoms with Gasteiger partial charge in [0.2, 0.25) is 10.0 Å². The zero-order valence-electron chi connectivity index (χ0n) is 20.3. The van der Waals surface area contributed by atoms with E-state index in [1.807, 2.05) is 25.9 Å². The SMILES string of the molecule is CC1CCCCN1S(=O)(=O)c1ccc(C(=O)N(CCN(C)C)c2nc3c(F)cc(F)cc3s2)cc1.Cl. The zero-order chi connectivity index (χ0) is 25.3. The number of fused-ring (bicyclic) bond motifs is 1. The molecule has 7 nitrogen and oxygen atoms in total. The second kappa shape index (κ2) is 11.5. The molecule has 0 aliphatic carbocycles. The van der Waals surface area contributed by atoms with Crippen LogP contribution in [0.3, 0.4) is 0 Å². The number of hydrogen-bond acceptors (Lipinski definition) is 6. The Bertz CT molecular complexity index is 1330. The molecule has 0 radical (unpaired) electrons. The summed E-state index contributed by atoms with van der Waals surface area (Å²) in [6, 6.07) is 7.75. The molecule has 0 bridgehead atoms. The quantitative estimate of drug-likeness (QED) is 0.418. The molecule has 3 aromatic rings. The van der Waals surface area contributed by atoms with Gasteiger partial charge in [-0.15, -0.1) is 12.4 Å². The van der Waals surface area contributed by atoms with E-state index >= 15 is 0 Å². The smallest absolute Gasteiger partial charge is 0.260 e. The van der Waals surface area contributed by atoms with Gasteiger partial charge in [-0.25, -0.2) is 22.2 Å². The highest BCUT2D eigenvalue weighted by molar-refractivity contribution is 7.89. The van der Waals surface area contributed by atoms with Crippen LogP contribution < -0.4 is 4.90 Å². The molecule has 196 valence electrons. The van der Waals surface area contributed by atoms with Crippen molar-refractivity contribution >= 4 is 55.0 Å². The first-order valence-electron chi connectivity index (χ1n) is 11.4. The molecule has 0 saturated carbocycles. The number of benzene rings is 2. The van der Waals surface area contributed by atoms with Crippen molar-refractivity contribution in [2.75, 3.05) is 38.6 Å². The molecule has 4 rings (SSSR count). The van der Waals surface area contributed by atoms with E-state index in [-0.39, 0.29) is 46.1 Å². The summed E-state index contributed by atoms with van der Waals surface area (Å²) in [6.07, 6.45) is 2.66. The topological polar surface area (TPSA) is 73.8 Å². The van der Waals surface area contributed by atoms with Gasteiger partial charge in [0, 0.05) is 37.3 Å². The molecular weight excluding hydrogens is 530 g/mol. The maximum absolute atomic E-state index is 14.2. The van der Waals surface area contributed by atoms with E-state index in [0.29, 0.717) is 17.8 Å². The molecule has 2 heterocycles. The lowest BCUT2D eigenvalue weighted by molar-refractivity contribution is 0.0985. The van der Waals surface area contributed by atoms with Crippen LogP contribution in [-0.4, -0.2) is 68.3 Å². The van der Waals surface area contributed by atoms with Gasteiger partial charge in [0.25, 0.3) is 5.91 Å².